The zero-order chi connectivity index (χ0) is 18.8. The summed E-state index contributed by atoms with van der Waals surface area (Å²) in [5.41, 5.74) is 2.21. The average Bonchev–Trinajstić information content (AvgIpc) is 3.45. The molecule has 1 heterocycles. The first-order valence-corrected chi connectivity index (χ1v) is 11.3. The van der Waals surface area contributed by atoms with Gasteiger partial charge in [0.05, 0.1) is 5.75 Å². The molecule has 0 amide bonds. The minimum absolute atomic E-state index is 0.173. The molecule has 2 fully saturated rings. The van der Waals surface area contributed by atoms with Crippen molar-refractivity contribution in [1.29, 1.82) is 0 Å². The maximum Gasteiger partial charge on any atom is 0.191 e. The van der Waals surface area contributed by atoms with Crippen molar-refractivity contribution in [2.45, 2.75) is 81.8 Å². The van der Waals surface area contributed by atoms with E-state index in [4.69, 9.17) is 0 Å². The standard InChI is InChI=1S/C22H29N3OS/c1-15(2)21-23-24-22(25(21)19-12-13-19)27-14-20(26)18-10-8-17(9-11-18)16-6-4-3-5-7-16/h8-11,15-16,19H,3-7,12-14H2,1-2H3. The van der Waals surface area contributed by atoms with E-state index in [0.29, 0.717) is 23.6 Å². The number of carbonyl (C=O) groups excluding carboxylic acids is 1. The fraction of sp³-hybridized carbons (Fsp3) is 0.591. The summed E-state index contributed by atoms with van der Waals surface area (Å²) >= 11 is 1.53. The first kappa shape index (κ1) is 18.7. The predicted molar refractivity (Wildman–Crippen MR) is 110 cm³/mol. The Morgan fingerprint density at radius 2 is 1.78 bits per heavy atom. The Balaban J connectivity index is 1.39. The maximum absolute atomic E-state index is 12.7. The molecule has 0 aliphatic heterocycles. The van der Waals surface area contributed by atoms with Crippen molar-refractivity contribution < 1.29 is 4.79 Å². The average molecular weight is 384 g/mol. The first-order chi connectivity index (χ1) is 13.1. The monoisotopic (exact) mass is 383 g/mol. The van der Waals surface area contributed by atoms with Crippen LogP contribution in [0.1, 0.15) is 98.4 Å². The van der Waals surface area contributed by atoms with Gasteiger partial charge in [0.15, 0.2) is 10.9 Å². The largest absolute Gasteiger partial charge is 0.303 e. The van der Waals surface area contributed by atoms with Gasteiger partial charge in [0.25, 0.3) is 0 Å². The second-order valence-electron chi connectivity index (χ2n) is 8.27. The summed E-state index contributed by atoms with van der Waals surface area (Å²) in [5.74, 6) is 2.68. The van der Waals surface area contributed by atoms with Crippen LogP contribution in [0.2, 0.25) is 0 Å². The number of Topliss-reactive ketones (excluding diaryl/α,β-unsaturated/α-hetero) is 1. The highest BCUT2D eigenvalue weighted by atomic mass is 32.2. The molecular formula is C22H29N3OS. The van der Waals surface area contributed by atoms with Crippen molar-refractivity contribution in [3.63, 3.8) is 0 Å². The van der Waals surface area contributed by atoms with Gasteiger partial charge >= 0.3 is 0 Å². The molecule has 0 N–H and O–H groups in total. The van der Waals surface area contributed by atoms with E-state index in [-0.39, 0.29) is 5.78 Å². The Hall–Kier alpha value is -1.62. The Morgan fingerprint density at radius 3 is 2.41 bits per heavy atom. The summed E-state index contributed by atoms with van der Waals surface area (Å²) in [6.07, 6.45) is 9.01. The van der Waals surface area contributed by atoms with Crippen LogP contribution in [0.5, 0.6) is 0 Å². The molecule has 0 radical (unpaired) electrons. The topological polar surface area (TPSA) is 47.8 Å². The van der Waals surface area contributed by atoms with Crippen molar-refractivity contribution in [2.24, 2.45) is 0 Å². The zero-order valence-corrected chi connectivity index (χ0v) is 17.2. The van der Waals surface area contributed by atoms with E-state index in [1.165, 1.54) is 62.3 Å². The molecule has 0 unspecified atom stereocenters. The van der Waals surface area contributed by atoms with Gasteiger partial charge in [-0.3, -0.25) is 4.79 Å². The Labute approximate surface area is 166 Å². The first-order valence-electron chi connectivity index (χ1n) is 10.3. The van der Waals surface area contributed by atoms with Crippen LogP contribution < -0.4 is 0 Å². The van der Waals surface area contributed by atoms with Gasteiger partial charge in [0, 0.05) is 17.5 Å². The van der Waals surface area contributed by atoms with Crippen LogP contribution in [-0.2, 0) is 0 Å². The van der Waals surface area contributed by atoms with E-state index in [1.807, 2.05) is 12.1 Å². The molecule has 4 nitrogen and oxygen atoms in total. The van der Waals surface area contributed by atoms with Crippen molar-refractivity contribution in [3.8, 4) is 0 Å². The van der Waals surface area contributed by atoms with E-state index in [2.05, 4.69) is 40.7 Å². The van der Waals surface area contributed by atoms with Crippen molar-refractivity contribution in [1.82, 2.24) is 14.8 Å². The van der Waals surface area contributed by atoms with Crippen LogP contribution in [-0.4, -0.2) is 26.3 Å². The van der Waals surface area contributed by atoms with Gasteiger partial charge in [-0.1, -0.05) is 69.1 Å². The van der Waals surface area contributed by atoms with Crippen LogP contribution >= 0.6 is 11.8 Å². The number of thioether (sulfide) groups is 1. The third-order valence-corrected chi connectivity index (χ3v) is 6.70. The SMILES string of the molecule is CC(C)c1nnc(SCC(=O)c2ccc(C3CCCCC3)cc2)n1C1CC1. The van der Waals surface area contributed by atoms with E-state index in [9.17, 15) is 4.79 Å². The molecule has 2 aliphatic rings. The summed E-state index contributed by atoms with van der Waals surface area (Å²) in [7, 11) is 0. The molecule has 0 spiro atoms. The second kappa shape index (κ2) is 8.17. The number of hydrogen-bond acceptors (Lipinski definition) is 4. The highest BCUT2D eigenvalue weighted by Gasteiger charge is 2.30. The smallest absolute Gasteiger partial charge is 0.191 e. The Kier molecular flexibility index (Phi) is 5.67. The lowest BCUT2D eigenvalue weighted by atomic mass is 9.84. The molecule has 0 saturated heterocycles. The Bertz CT molecular complexity index is 786. The second-order valence-corrected chi connectivity index (χ2v) is 9.21. The lowest BCUT2D eigenvalue weighted by Gasteiger charge is -2.22. The minimum atomic E-state index is 0.173. The molecule has 4 rings (SSSR count). The van der Waals surface area contributed by atoms with Crippen molar-refractivity contribution >= 4 is 17.5 Å². The highest BCUT2D eigenvalue weighted by Crippen LogP contribution is 2.40. The minimum Gasteiger partial charge on any atom is -0.303 e. The van der Waals surface area contributed by atoms with Crippen molar-refractivity contribution in [2.75, 3.05) is 5.75 Å². The molecule has 0 atom stereocenters. The number of hydrogen-bond donors (Lipinski definition) is 0. The van der Waals surface area contributed by atoms with Gasteiger partial charge in [0.2, 0.25) is 0 Å². The summed E-state index contributed by atoms with van der Waals surface area (Å²) in [6.45, 7) is 4.30. The number of benzene rings is 1. The molecule has 0 bridgehead atoms. The fourth-order valence-electron chi connectivity index (χ4n) is 4.05. The zero-order valence-electron chi connectivity index (χ0n) is 16.4. The number of carbonyl (C=O) groups is 1. The van der Waals surface area contributed by atoms with Crippen LogP contribution in [0.15, 0.2) is 29.4 Å². The van der Waals surface area contributed by atoms with Gasteiger partial charge in [0.1, 0.15) is 5.82 Å². The van der Waals surface area contributed by atoms with E-state index < -0.39 is 0 Å². The molecule has 5 heteroatoms. The molecule has 27 heavy (non-hydrogen) atoms. The summed E-state index contributed by atoms with van der Waals surface area (Å²) in [5, 5.41) is 9.63. The molecule has 2 aliphatic carbocycles. The molecule has 144 valence electrons. The van der Waals surface area contributed by atoms with Crippen LogP contribution in [0.3, 0.4) is 0 Å². The van der Waals surface area contributed by atoms with Gasteiger partial charge in [-0.2, -0.15) is 0 Å². The van der Waals surface area contributed by atoms with Crippen LogP contribution in [0.4, 0.5) is 0 Å². The third-order valence-electron chi connectivity index (χ3n) is 5.76. The molecule has 1 aromatic heterocycles. The van der Waals surface area contributed by atoms with Crippen molar-refractivity contribution in [3.05, 3.63) is 41.2 Å². The summed E-state index contributed by atoms with van der Waals surface area (Å²) in [4.78, 5) is 12.7. The van der Waals surface area contributed by atoms with Crippen LogP contribution in [0.25, 0.3) is 0 Å². The van der Waals surface area contributed by atoms with Gasteiger partial charge in [-0.15, -0.1) is 10.2 Å². The quantitative estimate of drug-likeness (QED) is 0.450. The van der Waals surface area contributed by atoms with E-state index in [0.717, 1.165) is 16.5 Å². The number of aromatic nitrogens is 3. The van der Waals surface area contributed by atoms with Gasteiger partial charge in [-0.05, 0) is 37.2 Å². The lowest BCUT2D eigenvalue weighted by molar-refractivity contribution is 0.102. The van der Waals surface area contributed by atoms with E-state index in [1.54, 1.807) is 0 Å². The maximum atomic E-state index is 12.7. The predicted octanol–water partition coefficient (Wildman–Crippen LogP) is 5.76. The lowest BCUT2D eigenvalue weighted by Crippen LogP contribution is -2.08. The normalized spacial score (nSPS) is 18.2. The highest BCUT2D eigenvalue weighted by molar-refractivity contribution is 7.99. The van der Waals surface area contributed by atoms with Crippen LogP contribution in [0, 0.1) is 0 Å². The third kappa shape index (κ3) is 4.29. The summed E-state index contributed by atoms with van der Waals surface area (Å²) < 4.78 is 2.26. The molecule has 1 aromatic carbocycles. The Morgan fingerprint density at radius 1 is 1.07 bits per heavy atom. The molecule has 2 aromatic rings. The van der Waals surface area contributed by atoms with E-state index >= 15 is 0 Å². The van der Waals surface area contributed by atoms with Gasteiger partial charge < -0.3 is 4.57 Å². The summed E-state index contributed by atoms with van der Waals surface area (Å²) in [6, 6.07) is 8.88. The number of rotatable bonds is 7. The molecular weight excluding hydrogens is 354 g/mol. The fourth-order valence-corrected chi connectivity index (χ4v) is 4.95. The van der Waals surface area contributed by atoms with Gasteiger partial charge in [-0.25, -0.2) is 0 Å². The molecule has 2 saturated carbocycles. The number of ketones is 1. The number of nitrogens with zero attached hydrogens (tertiary/aromatic N) is 3.